The second-order valence-electron chi connectivity index (χ2n) is 5.63. The molecule has 0 aromatic rings. The van der Waals surface area contributed by atoms with E-state index in [1.165, 1.54) is 19.3 Å². The second-order valence-corrected chi connectivity index (χ2v) is 6.01. The van der Waals surface area contributed by atoms with Crippen molar-refractivity contribution >= 4 is 11.6 Å². The van der Waals surface area contributed by atoms with Crippen LogP contribution in [0.1, 0.15) is 52.9 Å². The summed E-state index contributed by atoms with van der Waals surface area (Å²) in [5.41, 5.74) is 0. The van der Waals surface area contributed by atoms with Crippen molar-refractivity contribution < 1.29 is 4.74 Å². The molecule has 16 heavy (non-hydrogen) atoms. The molecule has 1 aliphatic rings. The summed E-state index contributed by atoms with van der Waals surface area (Å²) in [6.07, 6.45) is 6.65. The van der Waals surface area contributed by atoms with E-state index in [1.807, 2.05) is 0 Å². The van der Waals surface area contributed by atoms with Gasteiger partial charge in [-0.2, -0.15) is 0 Å². The third-order valence-electron chi connectivity index (χ3n) is 4.12. The Morgan fingerprint density at radius 1 is 1.19 bits per heavy atom. The summed E-state index contributed by atoms with van der Waals surface area (Å²) < 4.78 is 5.98. The molecule has 1 fully saturated rings. The fourth-order valence-corrected chi connectivity index (χ4v) is 2.79. The Morgan fingerprint density at radius 3 is 2.56 bits per heavy atom. The maximum atomic E-state index is 5.98. The standard InChI is InChI=1S/C14H27ClO/c1-11(6-8-15)7-9-16-14-5-4-12(2)13(3)10-14/h11-14H,4-10H2,1-3H3. The highest BCUT2D eigenvalue weighted by molar-refractivity contribution is 6.17. The Hall–Kier alpha value is 0.250. The van der Waals surface area contributed by atoms with Crippen molar-refractivity contribution in [3.63, 3.8) is 0 Å². The van der Waals surface area contributed by atoms with Gasteiger partial charge in [0, 0.05) is 12.5 Å². The largest absolute Gasteiger partial charge is 0.378 e. The Morgan fingerprint density at radius 2 is 1.94 bits per heavy atom. The van der Waals surface area contributed by atoms with Gasteiger partial charge >= 0.3 is 0 Å². The third-order valence-corrected chi connectivity index (χ3v) is 4.33. The van der Waals surface area contributed by atoms with Gasteiger partial charge in [-0.25, -0.2) is 0 Å². The van der Waals surface area contributed by atoms with Crippen LogP contribution in [0.5, 0.6) is 0 Å². The van der Waals surface area contributed by atoms with Gasteiger partial charge in [-0.15, -0.1) is 11.6 Å². The van der Waals surface area contributed by atoms with Gasteiger partial charge in [-0.05, 0) is 49.9 Å². The molecule has 0 aromatic carbocycles. The van der Waals surface area contributed by atoms with Crippen LogP contribution in [0.25, 0.3) is 0 Å². The molecule has 2 heteroatoms. The lowest BCUT2D eigenvalue weighted by atomic mass is 9.80. The zero-order valence-electron chi connectivity index (χ0n) is 11.0. The van der Waals surface area contributed by atoms with Crippen LogP contribution in [-0.2, 0) is 4.74 Å². The first kappa shape index (κ1) is 14.3. The van der Waals surface area contributed by atoms with Crippen molar-refractivity contribution in [1.82, 2.24) is 0 Å². The van der Waals surface area contributed by atoms with Crippen molar-refractivity contribution in [1.29, 1.82) is 0 Å². The van der Waals surface area contributed by atoms with E-state index < -0.39 is 0 Å². The maximum absolute atomic E-state index is 5.98. The number of alkyl halides is 1. The van der Waals surface area contributed by atoms with Crippen LogP contribution in [0.4, 0.5) is 0 Å². The van der Waals surface area contributed by atoms with E-state index in [0.717, 1.165) is 37.2 Å². The normalized spacial score (nSPS) is 32.6. The molecule has 0 bridgehead atoms. The Kier molecular flexibility index (Phi) is 6.75. The molecule has 4 atom stereocenters. The van der Waals surface area contributed by atoms with Gasteiger partial charge < -0.3 is 4.74 Å². The summed E-state index contributed by atoms with van der Waals surface area (Å²) in [6, 6.07) is 0. The van der Waals surface area contributed by atoms with Gasteiger partial charge in [0.05, 0.1) is 6.10 Å². The molecule has 0 spiro atoms. The molecule has 1 rings (SSSR count). The molecule has 4 unspecified atom stereocenters. The van der Waals surface area contributed by atoms with Crippen molar-refractivity contribution in [2.24, 2.45) is 17.8 Å². The van der Waals surface area contributed by atoms with Gasteiger partial charge in [-0.1, -0.05) is 20.8 Å². The first-order valence-electron chi connectivity index (χ1n) is 6.81. The second kappa shape index (κ2) is 7.55. The van der Waals surface area contributed by atoms with E-state index in [1.54, 1.807) is 0 Å². The predicted molar refractivity (Wildman–Crippen MR) is 71.0 cm³/mol. The summed E-state index contributed by atoms with van der Waals surface area (Å²) in [7, 11) is 0. The molecule has 0 saturated heterocycles. The van der Waals surface area contributed by atoms with Gasteiger partial charge in [0.15, 0.2) is 0 Å². The fourth-order valence-electron chi connectivity index (χ4n) is 2.42. The third kappa shape index (κ3) is 5.05. The number of hydrogen-bond donors (Lipinski definition) is 0. The lowest BCUT2D eigenvalue weighted by molar-refractivity contribution is -0.00231. The first-order valence-corrected chi connectivity index (χ1v) is 7.34. The van der Waals surface area contributed by atoms with Crippen molar-refractivity contribution in [3.8, 4) is 0 Å². The topological polar surface area (TPSA) is 9.23 Å². The molecule has 0 amide bonds. The molecule has 0 heterocycles. The molecule has 1 nitrogen and oxygen atoms in total. The predicted octanol–water partition coefficient (Wildman–Crippen LogP) is 4.48. The highest BCUT2D eigenvalue weighted by Crippen LogP contribution is 2.31. The van der Waals surface area contributed by atoms with Crippen LogP contribution in [0.2, 0.25) is 0 Å². The minimum Gasteiger partial charge on any atom is -0.378 e. The molecule has 96 valence electrons. The van der Waals surface area contributed by atoms with Gasteiger partial charge in [0.1, 0.15) is 0 Å². The van der Waals surface area contributed by atoms with Gasteiger partial charge in [0.2, 0.25) is 0 Å². The van der Waals surface area contributed by atoms with E-state index in [4.69, 9.17) is 16.3 Å². The van der Waals surface area contributed by atoms with Crippen LogP contribution >= 0.6 is 11.6 Å². The van der Waals surface area contributed by atoms with Crippen molar-refractivity contribution in [3.05, 3.63) is 0 Å². The minimum atomic E-state index is 0.523. The van der Waals surface area contributed by atoms with Crippen LogP contribution in [-0.4, -0.2) is 18.6 Å². The fraction of sp³-hybridized carbons (Fsp3) is 1.00. The Labute approximate surface area is 106 Å². The number of halogens is 1. The molecular formula is C14H27ClO. The number of rotatable bonds is 6. The number of ether oxygens (including phenoxy) is 1. The first-order chi connectivity index (χ1) is 7.63. The average Bonchev–Trinajstić information content (AvgIpc) is 2.24. The molecule has 1 saturated carbocycles. The molecule has 0 aromatic heterocycles. The van der Waals surface area contributed by atoms with Crippen LogP contribution < -0.4 is 0 Å². The van der Waals surface area contributed by atoms with Crippen LogP contribution in [0, 0.1) is 17.8 Å². The molecule has 0 N–H and O–H groups in total. The minimum absolute atomic E-state index is 0.523. The average molecular weight is 247 g/mol. The Balaban J connectivity index is 2.09. The van der Waals surface area contributed by atoms with E-state index in [0.29, 0.717) is 12.0 Å². The van der Waals surface area contributed by atoms with E-state index >= 15 is 0 Å². The highest BCUT2D eigenvalue weighted by atomic mass is 35.5. The zero-order valence-corrected chi connectivity index (χ0v) is 11.8. The zero-order chi connectivity index (χ0) is 12.0. The summed E-state index contributed by atoms with van der Waals surface area (Å²) in [6.45, 7) is 7.90. The monoisotopic (exact) mass is 246 g/mol. The lowest BCUT2D eigenvalue weighted by Gasteiger charge is -2.32. The SMILES string of the molecule is CC(CCCl)CCOC1CCC(C)C(C)C1. The summed E-state index contributed by atoms with van der Waals surface area (Å²) in [4.78, 5) is 0. The van der Waals surface area contributed by atoms with Crippen molar-refractivity contribution in [2.45, 2.75) is 59.0 Å². The molecule has 1 aliphatic carbocycles. The van der Waals surface area contributed by atoms with Crippen LogP contribution in [0.15, 0.2) is 0 Å². The number of hydrogen-bond acceptors (Lipinski definition) is 1. The summed E-state index contributed by atoms with van der Waals surface area (Å²) in [5, 5.41) is 0. The maximum Gasteiger partial charge on any atom is 0.0577 e. The van der Waals surface area contributed by atoms with E-state index in [9.17, 15) is 0 Å². The van der Waals surface area contributed by atoms with Gasteiger partial charge in [-0.3, -0.25) is 0 Å². The summed E-state index contributed by atoms with van der Waals surface area (Å²) >= 11 is 5.72. The summed E-state index contributed by atoms with van der Waals surface area (Å²) in [5.74, 6) is 3.20. The van der Waals surface area contributed by atoms with Gasteiger partial charge in [0.25, 0.3) is 0 Å². The molecule has 0 radical (unpaired) electrons. The highest BCUT2D eigenvalue weighted by Gasteiger charge is 2.24. The molecule has 0 aliphatic heterocycles. The van der Waals surface area contributed by atoms with E-state index in [-0.39, 0.29) is 0 Å². The van der Waals surface area contributed by atoms with Crippen molar-refractivity contribution in [2.75, 3.05) is 12.5 Å². The van der Waals surface area contributed by atoms with E-state index in [2.05, 4.69) is 20.8 Å². The Bertz CT molecular complexity index is 184. The quantitative estimate of drug-likeness (QED) is 0.628. The van der Waals surface area contributed by atoms with Crippen LogP contribution in [0.3, 0.4) is 0 Å². The smallest absolute Gasteiger partial charge is 0.0577 e. The lowest BCUT2D eigenvalue weighted by Crippen LogP contribution is -2.27. The molecular weight excluding hydrogens is 220 g/mol.